The third-order valence-corrected chi connectivity index (χ3v) is 6.46. The average Bonchev–Trinajstić information content (AvgIpc) is 2.97. The second-order valence-electron chi connectivity index (χ2n) is 6.16. The Morgan fingerprint density at radius 2 is 1.78 bits per heavy atom. The van der Waals surface area contributed by atoms with E-state index in [1.165, 1.54) is 0 Å². The summed E-state index contributed by atoms with van der Waals surface area (Å²) in [7, 11) is -3.48. The summed E-state index contributed by atoms with van der Waals surface area (Å²) in [6.45, 7) is 2.99. The maximum Gasteiger partial charge on any atom is 0.243 e. The van der Waals surface area contributed by atoms with Crippen LogP contribution < -0.4 is 5.73 Å². The molecule has 2 unspecified atom stereocenters. The Labute approximate surface area is 138 Å². The molecule has 122 valence electrons. The highest BCUT2D eigenvalue weighted by atomic mass is 32.2. The van der Waals surface area contributed by atoms with Crippen molar-refractivity contribution in [3.8, 4) is 11.1 Å². The molecule has 3 rings (SSSR count). The lowest BCUT2D eigenvalue weighted by atomic mass is 10.1. The minimum absolute atomic E-state index is 0.00562. The molecule has 1 saturated heterocycles. The second kappa shape index (κ2) is 6.43. The number of nitrogens with two attached hydrogens (primary N) is 1. The van der Waals surface area contributed by atoms with Crippen LogP contribution in [0.5, 0.6) is 0 Å². The second-order valence-corrected chi connectivity index (χ2v) is 8.05. The van der Waals surface area contributed by atoms with Crippen LogP contribution in [0.15, 0.2) is 59.5 Å². The van der Waals surface area contributed by atoms with Gasteiger partial charge in [0.15, 0.2) is 0 Å². The zero-order chi connectivity index (χ0) is 16.4. The molecule has 2 aromatic carbocycles. The summed E-state index contributed by atoms with van der Waals surface area (Å²) in [5.41, 5.74) is 7.64. The van der Waals surface area contributed by atoms with Crippen LogP contribution in [0, 0.1) is 5.92 Å². The molecule has 2 atom stereocenters. The normalized spacial score (nSPS) is 22.3. The molecule has 1 heterocycles. The number of hydrogen-bond acceptors (Lipinski definition) is 3. The number of sulfonamides is 1. The third-order valence-electron chi connectivity index (χ3n) is 4.49. The van der Waals surface area contributed by atoms with E-state index >= 15 is 0 Å². The van der Waals surface area contributed by atoms with Crippen LogP contribution in [0.25, 0.3) is 11.1 Å². The molecule has 0 aromatic heterocycles. The summed E-state index contributed by atoms with van der Waals surface area (Å²) < 4.78 is 27.5. The van der Waals surface area contributed by atoms with Gasteiger partial charge in [0.25, 0.3) is 0 Å². The van der Waals surface area contributed by atoms with Crippen LogP contribution in [0.4, 0.5) is 0 Å². The van der Waals surface area contributed by atoms with E-state index < -0.39 is 10.0 Å². The highest BCUT2D eigenvalue weighted by Gasteiger charge is 2.37. The summed E-state index contributed by atoms with van der Waals surface area (Å²) in [4.78, 5) is 0.350. The van der Waals surface area contributed by atoms with Crippen molar-refractivity contribution in [2.45, 2.75) is 24.3 Å². The van der Waals surface area contributed by atoms with E-state index in [0.29, 0.717) is 18.0 Å². The first-order valence-corrected chi connectivity index (χ1v) is 9.34. The lowest BCUT2D eigenvalue weighted by molar-refractivity contribution is 0.404. The predicted octanol–water partition coefficient (Wildman–Crippen LogP) is 2.71. The molecule has 0 spiro atoms. The van der Waals surface area contributed by atoms with Crippen molar-refractivity contribution in [2.75, 3.05) is 13.1 Å². The van der Waals surface area contributed by atoms with Gasteiger partial charge in [0, 0.05) is 12.6 Å². The SMILES string of the molecule is CC1CC(CN)CN1S(=O)(=O)c1cccc(-c2ccccc2)c1. The predicted molar refractivity (Wildman–Crippen MR) is 92.4 cm³/mol. The molecule has 2 aromatic rings. The zero-order valence-corrected chi connectivity index (χ0v) is 14.0. The maximum absolute atomic E-state index is 13.0. The van der Waals surface area contributed by atoms with Crippen LogP contribution in [-0.2, 0) is 10.0 Å². The van der Waals surface area contributed by atoms with Gasteiger partial charge in [-0.3, -0.25) is 0 Å². The Morgan fingerprint density at radius 1 is 1.09 bits per heavy atom. The minimum Gasteiger partial charge on any atom is -0.330 e. The summed E-state index contributed by atoms with van der Waals surface area (Å²) in [6, 6.07) is 17.0. The average molecular weight is 330 g/mol. The van der Waals surface area contributed by atoms with Crippen molar-refractivity contribution in [3.63, 3.8) is 0 Å². The third kappa shape index (κ3) is 3.17. The van der Waals surface area contributed by atoms with E-state index in [9.17, 15) is 8.42 Å². The molecule has 0 bridgehead atoms. The van der Waals surface area contributed by atoms with Crippen molar-refractivity contribution >= 4 is 10.0 Å². The molecular weight excluding hydrogens is 308 g/mol. The number of nitrogens with zero attached hydrogens (tertiary/aromatic N) is 1. The van der Waals surface area contributed by atoms with Crippen LogP contribution in [0.3, 0.4) is 0 Å². The maximum atomic E-state index is 13.0. The van der Waals surface area contributed by atoms with Crippen molar-refractivity contribution in [1.29, 1.82) is 0 Å². The van der Waals surface area contributed by atoms with E-state index in [1.54, 1.807) is 22.5 Å². The quantitative estimate of drug-likeness (QED) is 0.937. The van der Waals surface area contributed by atoms with Gasteiger partial charge in [-0.15, -0.1) is 0 Å². The van der Waals surface area contributed by atoms with E-state index in [1.807, 2.05) is 43.3 Å². The van der Waals surface area contributed by atoms with Crippen LogP contribution in [-0.4, -0.2) is 31.9 Å². The fraction of sp³-hybridized carbons (Fsp3) is 0.333. The standard InChI is InChI=1S/C18H22N2O2S/c1-14-10-15(12-19)13-20(14)23(21,22)18-9-5-8-17(11-18)16-6-3-2-4-7-16/h2-9,11,14-15H,10,12-13,19H2,1H3. The highest BCUT2D eigenvalue weighted by molar-refractivity contribution is 7.89. The van der Waals surface area contributed by atoms with Gasteiger partial charge in [-0.1, -0.05) is 42.5 Å². The van der Waals surface area contributed by atoms with E-state index in [0.717, 1.165) is 17.5 Å². The summed E-state index contributed by atoms with van der Waals surface area (Å²) >= 11 is 0. The molecule has 0 saturated carbocycles. The summed E-state index contributed by atoms with van der Waals surface area (Å²) in [5, 5.41) is 0. The lowest BCUT2D eigenvalue weighted by Crippen LogP contribution is -2.34. The Kier molecular flexibility index (Phi) is 4.53. The highest BCUT2D eigenvalue weighted by Crippen LogP contribution is 2.30. The molecule has 0 aliphatic carbocycles. The summed E-state index contributed by atoms with van der Waals surface area (Å²) in [5.74, 6) is 0.247. The number of rotatable bonds is 4. The first-order chi connectivity index (χ1) is 11.0. The monoisotopic (exact) mass is 330 g/mol. The van der Waals surface area contributed by atoms with Gasteiger partial charge in [0.05, 0.1) is 4.90 Å². The molecule has 1 fully saturated rings. The molecular formula is C18H22N2O2S. The Hall–Kier alpha value is -1.69. The van der Waals surface area contributed by atoms with Gasteiger partial charge in [0.1, 0.15) is 0 Å². The van der Waals surface area contributed by atoms with E-state index in [-0.39, 0.29) is 12.0 Å². The fourth-order valence-corrected chi connectivity index (χ4v) is 4.98. The number of benzene rings is 2. The van der Waals surface area contributed by atoms with Gasteiger partial charge in [0.2, 0.25) is 10.0 Å². The van der Waals surface area contributed by atoms with Gasteiger partial charge in [-0.2, -0.15) is 4.31 Å². The Bertz CT molecular complexity index is 775. The van der Waals surface area contributed by atoms with Crippen molar-refractivity contribution in [3.05, 3.63) is 54.6 Å². The van der Waals surface area contributed by atoms with Gasteiger partial charge >= 0.3 is 0 Å². The zero-order valence-electron chi connectivity index (χ0n) is 13.2. The molecule has 5 heteroatoms. The lowest BCUT2D eigenvalue weighted by Gasteiger charge is -2.21. The van der Waals surface area contributed by atoms with Crippen molar-refractivity contribution in [2.24, 2.45) is 11.7 Å². The van der Waals surface area contributed by atoms with E-state index in [4.69, 9.17) is 5.73 Å². The molecule has 0 amide bonds. The smallest absolute Gasteiger partial charge is 0.243 e. The van der Waals surface area contributed by atoms with E-state index in [2.05, 4.69) is 0 Å². The van der Waals surface area contributed by atoms with Crippen LogP contribution in [0.1, 0.15) is 13.3 Å². The molecule has 2 N–H and O–H groups in total. The number of hydrogen-bond donors (Lipinski definition) is 1. The summed E-state index contributed by atoms with van der Waals surface area (Å²) in [6.07, 6.45) is 0.827. The molecule has 23 heavy (non-hydrogen) atoms. The first-order valence-electron chi connectivity index (χ1n) is 7.90. The van der Waals surface area contributed by atoms with Gasteiger partial charge in [-0.25, -0.2) is 8.42 Å². The largest absolute Gasteiger partial charge is 0.330 e. The van der Waals surface area contributed by atoms with Crippen LogP contribution >= 0.6 is 0 Å². The molecule has 1 aliphatic rings. The molecule has 1 aliphatic heterocycles. The van der Waals surface area contributed by atoms with Gasteiger partial charge in [-0.05, 0) is 49.1 Å². The van der Waals surface area contributed by atoms with Crippen molar-refractivity contribution < 1.29 is 8.42 Å². The Morgan fingerprint density at radius 3 is 2.43 bits per heavy atom. The Balaban J connectivity index is 1.95. The first kappa shape index (κ1) is 16.2. The topological polar surface area (TPSA) is 63.4 Å². The fourth-order valence-electron chi connectivity index (χ4n) is 3.22. The van der Waals surface area contributed by atoms with Crippen LogP contribution in [0.2, 0.25) is 0 Å². The van der Waals surface area contributed by atoms with Gasteiger partial charge < -0.3 is 5.73 Å². The minimum atomic E-state index is -3.48. The molecule has 4 nitrogen and oxygen atoms in total. The van der Waals surface area contributed by atoms with Crippen molar-refractivity contribution in [1.82, 2.24) is 4.31 Å². The molecule has 0 radical (unpaired) electrons.